The number of pyridine rings is 1. The number of aryl methyl sites for hydroxylation is 1. The van der Waals surface area contributed by atoms with Gasteiger partial charge in [-0.05, 0) is 19.1 Å². The van der Waals surface area contributed by atoms with Crippen molar-refractivity contribution in [2.24, 2.45) is 5.73 Å². The molecule has 1 atom stereocenters. The van der Waals surface area contributed by atoms with Gasteiger partial charge in [0.1, 0.15) is 5.76 Å². The van der Waals surface area contributed by atoms with Crippen LogP contribution in [-0.2, 0) is 0 Å². The molecule has 2 heterocycles. The highest BCUT2D eigenvalue weighted by Crippen LogP contribution is 2.26. The smallest absolute Gasteiger partial charge is 0.105 e. The van der Waals surface area contributed by atoms with E-state index in [0.29, 0.717) is 5.69 Å². The molecule has 0 amide bonds. The van der Waals surface area contributed by atoms with Gasteiger partial charge in [0.05, 0.1) is 12.3 Å². The zero-order valence-electron chi connectivity index (χ0n) is 8.47. The van der Waals surface area contributed by atoms with Crippen molar-refractivity contribution in [3.8, 4) is 0 Å². The number of hydrogen-bond acceptors (Lipinski definition) is 4. The van der Waals surface area contributed by atoms with Gasteiger partial charge >= 0.3 is 0 Å². The number of hydrogen-bond donors (Lipinski definition) is 2. The first kappa shape index (κ1) is 9.73. The first-order valence-corrected chi connectivity index (χ1v) is 4.69. The molecule has 78 valence electrons. The zero-order valence-corrected chi connectivity index (χ0v) is 8.47. The highest BCUT2D eigenvalue weighted by molar-refractivity contribution is 5.49. The summed E-state index contributed by atoms with van der Waals surface area (Å²) in [5, 5.41) is 0. The van der Waals surface area contributed by atoms with Gasteiger partial charge in [0.25, 0.3) is 0 Å². The molecule has 0 bridgehead atoms. The second-order valence-electron chi connectivity index (χ2n) is 3.41. The SMILES string of the molecule is Cc1occc1C(N)c1cnccc1N. The van der Waals surface area contributed by atoms with E-state index in [2.05, 4.69) is 4.98 Å². The minimum atomic E-state index is -0.280. The van der Waals surface area contributed by atoms with E-state index in [9.17, 15) is 0 Å². The van der Waals surface area contributed by atoms with Crippen molar-refractivity contribution in [3.05, 3.63) is 47.7 Å². The van der Waals surface area contributed by atoms with Gasteiger partial charge in [-0.15, -0.1) is 0 Å². The van der Waals surface area contributed by atoms with Crippen LogP contribution >= 0.6 is 0 Å². The van der Waals surface area contributed by atoms with E-state index in [1.807, 2.05) is 13.0 Å². The fourth-order valence-electron chi connectivity index (χ4n) is 1.56. The lowest BCUT2D eigenvalue weighted by molar-refractivity contribution is 0.527. The second-order valence-corrected chi connectivity index (χ2v) is 3.41. The summed E-state index contributed by atoms with van der Waals surface area (Å²) in [5.41, 5.74) is 14.3. The number of rotatable bonds is 2. The summed E-state index contributed by atoms with van der Waals surface area (Å²) in [5.74, 6) is 0.811. The normalized spacial score (nSPS) is 12.7. The minimum Gasteiger partial charge on any atom is -0.469 e. The Bertz CT molecular complexity index is 464. The Balaban J connectivity index is 2.41. The van der Waals surface area contributed by atoms with Crippen LogP contribution in [0.2, 0.25) is 0 Å². The number of anilines is 1. The minimum absolute atomic E-state index is 0.280. The molecule has 4 nitrogen and oxygen atoms in total. The molecule has 15 heavy (non-hydrogen) atoms. The molecule has 4 heteroatoms. The van der Waals surface area contributed by atoms with Gasteiger partial charge in [-0.25, -0.2) is 0 Å². The molecule has 2 rings (SSSR count). The van der Waals surface area contributed by atoms with Crippen molar-refractivity contribution in [2.75, 3.05) is 5.73 Å². The van der Waals surface area contributed by atoms with Gasteiger partial charge in [0.2, 0.25) is 0 Å². The van der Waals surface area contributed by atoms with E-state index in [1.54, 1.807) is 24.7 Å². The van der Waals surface area contributed by atoms with E-state index in [4.69, 9.17) is 15.9 Å². The fraction of sp³-hybridized carbons (Fsp3) is 0.182. The van der Waals surface area contributed by atoms with E-state index in [-0.39, 0.29) is 6.04 Å². The highest BCUT2D eigenvalue weighted by atomic mass is 16.3. The highest BCUT2D eigenvalue weighted by Gasteiger charge is 2.15. The molecule has 0 fully saturated rings. The molecular weight excluding hydrogens is 190 g/mol. The summed E-state index contributed by atoms with van der Waals surface area (Å²) in [4.78, 5) is 4.02. The van der Waals surface area contributed by atoms with Gasteiger partial charge in [0, 0.05) is 29.2 Å². The zero-order chi connectivity index (χ0) is 10.8. The Morgan fingerprint density at radius 2 is 2.13 bits per heavy atom. The molecule has 2 aromatic rings. The van der Waals surface area contributed by atoms with Crippen molar-refractivity contribution in [1.29, 1.82) is 0 Å². The van der Waals surface area contributed by atoms with Crippen LogP contribution in [0.4, 0.5) is 5.69 Å². The molecule has 1 unspecified atom stereocenters. The van der Waals surface area contributed by atoms with Gasteiger partial charge in [-0.3, -0.25) is 4.98 Å². The standard InChI is InChI=1S/C11H13N3O/c1-7-8(3-5-15-7)11(13)9-6-14-4-2-10(9)12/h2-6,11H,13H2,1H3,(H2,12,14). The summed E-state index contributed by atoms with van der Waals surface area (Å²) >= 11 is 0. The van der Waals surface area contributed by atoms with Crippen molar-refractivity contribution < 1.29 is 4.42 Å². The lowest BCUT2D eigenvalue weighted by atomic mass is 10.0. The van der Waals surface area contributed by atoms with Gasteiger partial charge in [0.15, 0.2) is 0 Å². The van der Waals surface area contributed by atoms with Crippen LogP contribution in [0.5, 0.6) is 0 Å². The Hall–Kier alpha value is -1.81. The first-order valence-electron chi connectivity index (χ1n) is 4.69. The quantitative estimate of drug-likeness (QED) is 0.777. The monoisotopic (exact) mass is 203 g/mol. The Kier molecular flexibility index (Phi) is 2.43. The number of nitrogen functional groups attached to an aromatic ring is 1. The lowest BCUT2D eigenvalue weighted by Crippen LogP contribution is -2.14. The van der Waals surface area contributed by atoms with Crippen molar-refractivity contribution in [2.45, 2.75) is 13.0 Å². The average molecular weight is 203 g/mol. The van der Waals surface area contributed by atoms with E-state index in [1.165, 1.54) is 0 Å². The van der Waals surface area contributed by atoms with Crippen molar-refractivity contribution in [1.82, 2.24) is 4.98 Å². The molecular formula is C11H13N3O. The number of furan rings is 1. The second kappa shape index (κ2) is 3.74. The van der Waals surface area contributed by atoms with Gasteiger partial charge in [-0.2, -0.15) is 0 Å². The fourth-order valence-corrected chi connectivity index (χ4v) is 1.56. The molecule has 0 aromatic carbocycles. The van der Waals surface area contributed by atoms with E-state index < -0.39 is 0 Å². The number of aromatic nitrogens is 1. The van der Waals surface area contributed by atoms with Gasteiger partial charge in [-0.1, -0.05) is 0 Å². The maximum atomic E-state index is 6.08. The molecule has 0 radical (unpaired) electrons. The predicted molar refractivity (Wildman–Crippen MR) is 58.1 cm³/mol. The lowest BCUT2D eigenvalue weighted by Gasteiger charge is -2.12. The van der Waals surface area contributed by atoms with Crippen LogP contribution in [-0.4, -0.2) is 4.98 Å². The maximum Gasteiger partial charge on any atom is 0.105 e. The third kappa shape index (κ3) is 1.71. The largest absolute Gasteiger partial charge is 0.469 e. The van der Waals surface area contributed by atoms with Crippen LogP contribution in [0.25, 0.3) is 0 Å². The summed E-state index contributed by atoms with van der Waals surface area (Å²) in [7, 11) is 0. The third-order valence-electron chi connectivity index (χ3n) is 2.46. The van der Waals surface area contributed by atoms with Crippen LogP contribution in [0.1, 0.15) is 22.9 Å². The molecule has 4 N–H and O–H groups in total. The summed E-state index contributed by atoms with van der Waals surface area (Å²) in [6, 6.07) is 3.31. The number of nitrogens with zero attached hydrogens (tertiary/aromatic N) is 1. The molecule has 0 aliphatic carbocycles. The van der Waals surface area contributed by atoms with Crippen LogP contribution in [0, 0.1) is 6.92 Å². The summed E-state index contributed by atoms with van der Waals surface area (Å²) < 4.78 is 5.21. The summed E-state index contributed by atoms with van der Waals surface area (Å²) in [6.07, 6.45) is 4.96. The molecule has 0 saturated carbocycles. The maximum absolute atomic E-state index is 6.08. The van der Waals surface area contributed by atoms with Crippen LogP contribution in [0.3, 0.4) is 0 Å². The predicted octanol–water partition coefficient (Wildman–Crippen LogP) is 1.61. The van der Waals surface area contributed by atoms with Crippen LogP contribution < -0.4 is 11.5 Å². The van der Waals surface area contributed by atoms with Crippen LogP contribution in [0.15, 0.2) is 35.2 Å². The topological polar surface area (TPSA) is 78.1 Å². The Labute approximate surface area is 87.9 Å². The molecule has 0 spiro atoms. The van der Waals surface area contributed by atoms with Gasteiger partial charge < -0.3 is 15.9 Å². The van der Waals surface area contributed by atoms with E-state index >= 15 is 0 Å². The van der Waals surface area contributed by atoms with Crippen molar-refractivity contribution >= 4 is 5.69 Å². The third-order valence-corrected chi connectivity index (χ3v) is 2.46. The molecule has 0 saturated heterocycles. The molecule has 2 aromatic heterocycles. The number of nitrogens with two attached hydrogens (primary N) is 2. The Morgan fingerprint density at radius 3 is 2.73 bits per heavy atom. The van der Waals surface area contributed by atoms with Crippen molar-refractivity contribution in [3.63, 3.8) is 0 Å². The average Bonchev–Trinajstić information content (AvgIpc) is 2.64. The van der Waals surface area contributed by atoms with E-state index in [0.717, 1.165) is 16.9 Å². The first-order chi connectivity index (χ1) is 7.20. The molecule has 0 aliphatic heterocycles. The Morgan fingerprint density at radius 1 is 1.33 bits per heavy atom. The summed E-state index contributed by atoms with van der Waals surface area (Å²) in [6.45, 7) is 1.88. The molecule has 0 aliphatic rings.